The van der Waals surface area contributed by atoms with E-state index in [4.69, 9.17) is 11.6 Å². The number of anilines is 1. The number of amides is 1. The first-order valence-corrected chi connectivity index (χ1v) is 17.7. The van der Waals surface area contributed by atoms with Crippen LogP contribution in [-0.4, -0.2) is 23.9 Å². The molecule has 0 aliphatic heterocycles. The molecule has 4 aromatic rings. The third-order valence-corrected chi connectivity index (χ3v) is 17.5. The molecular formula is C29H20Br2ClF7NOP. The first-order valence-electron chi connectivity index (χ1n) is 12.1. The second-order valence-corrected chi connectivity index (χ2v) is 19.6. The third kappa shape index (κ3) is 5.49. The van der Waals surface area contributed by atoms with Crippen molar-refractivity contribution in [3.05, 3.63) is 118 Å². The third-order valence-electron chi connectivity index (χ3n) is 6.78. The summed E-state index contributed by atoms with van der Waals surface area (Å²) in [5, 5.41) is 0.0384. The van der Waals surface area contributed by atoms with Gasteiger partial charge in [0.05, 0.1) is 0 Å². The van der Waals surface area contributed by atoms with E-state index in [0.717, 1.165) is 22.0 Å². The van der Waals surface area contributed by atoms with E-state index in [1.165, 1.54) is 6.07 Å². The second-order valence-electron chi connectivity index (χ2n) is 9.37. The van der Waals surface area contributed by atoms with Crippen LogP contribution in [0, 0.1) is 0 Å². The van der Waals surface area contributed by atoms with Crippen molar-refractivity contribution in [3.8, 4) is 0 Å². The van der Waals surface area contributed by atoms with Crippen LogP contribution in [0.15, 0.2) is 108 Å². The van der Waals surface area contributed by atoms with Crippen LogP contribution in [0.5, 0.6) is 0 Å². The summed E-state index contributed by atoms with van der Waals surface area (Å²) in [5.41, 5.74) is -0.320. The van der Waals surface area contributed by atoms with Gasteiger partial charge in [-0.25, -0.2) is 0 Å². The molecule has 0 radical (unpaired) electrons. The van der Waals surface area contributed by atoms with Crippen LogP contribution in [0.4, 0.5) is 36.4 Å². The van der Waals surface area contributed by atoms with Gasteiger partial charge >= 0.3 is 259 Å². The van der Waals surface area contributed by atoms with Crippen LogP contribution >= 0.6 is 48.3 Å². The number of carbonyl (C=O) groups excluding carboxylic acids is 1. The Bertz CT molecular complexity index is 1490. The average molecular weight is 758 g/mol. The molecule has 0 atom stereocenters. The molecule has 42 heavy (non-hydrogen) atoms. The minimum absolute atomic E-state index is 0.0315. The standard InChI is InChI=1S/C29H20Br2ClF7NOP/c30-23-16-19(25(17-24(23)32)40-26(41)27(33,34)28(35,36)29(37,38)39)18-42(31,20-10-4-1-5-11-20,21-12-6-2-7-13-21)22-14-8-3-9-15-22/h1-17H,18H2,(H,40,41). The number of hydrogen-bond acceptors (Lipinski definition) is 1. The fourth-order valence-electron chi connectivity index (χ4n) is 4.61. The number of benzene rings is 4. The predicted molar refractivity (Wildman–Crippen MR) is 162 cm³/mol. The Balaban J connectivity index is 1.98. The summed E-state index contributed by atoms with van der Waals surface area (Å²) in [4.78, 5) is 12.4. The molecule has 0 bridgehead atoms. The van der Waals surface area contributed by atoms with Crippen LogP contribution in [0.1, 0.15) is 5.56 Å². The molecule has 2 nitrogen and oxygen atoms in total. The molecule has 1 amide bonds. The molecule has 0 aliphatic carbocycles. The molecule has 0 fully saturated rings. The minimum atomic E-state index is -6.68. The van der Waals surface area contributed by atoms with Gasteiger partial charge in [0.25, 0.3) is 0 Å². The van der Waals surface area contributed by atoms with Crippen molar-refractivity contribution in [2.75, 3.05) is 5.32 Å². The first-order chi connectivity index (χ1) is 19.5. The van der Waals surface area contributed by atoms with Gasteiger partial charge in [0.2, 0.25) is 0 Å². The fraction of sp³-hybridized carbons (Fsp3) is 0.138. The summed E-state index contributed by atoms with van der Waals surface area (Å²) in [6, 6.07) is 29.9. The van der Waals surface area contributed by atoms with E-state index < -0.39 is 34.9 Å². The SMILES string of the molecule is O=C(Nc1cc(Cl)c(Br)cc1CP(Br)(c1ccccc1)(c1ccccc1)c1ccccc1)C(F)(F)C(F)(F)C(F)(F)F. The summed E-state index contributed by atoms with van der Waals surface area (Å²) in [6.45, 7) is 0. The second kappa shape index (κ2) is 11.6. The Morgan fingerprint density at radius 1 is 0.738 bits per heavy atom. The molecule has 0 aliphatic rings. The molecule has 0 heterocycles. The Labute approximate surface area is 258 Å². The quantitative estimate of drug-likeness (QED) is 0.141. The van der Waals surface area contributed by atoms with Crippen molar-refractivity contribution in [2.45, 2.75) is 24.2 Å². The predicted octanol–water partition coefficient (Wildman–Crippen LogP) is 9.21. The van der Waals surface area contributed by atoms with Gasteiger partial charge in [-0.05, 0) is 0 Å². The molecule has 4 aromatic carbocycles. The molecule has 13 heteroatoms. The van der Waals surface area contributed by atoms with E-state index in [9.17, 15) is 35.5 Å². The first kappa shape index (κ1) is 32.5. The number of carbonyl (C=O) groups is 1. The molecule has 0 saturated carbocycles. The maximum atomic E-state index is 14.4. The average Bonchev–Trinajstić information content (AvgIpc) is 2.96. The van der Waals surface area contributed by atoms with Gasteiger partial charge in [-0.1, -0.05) is 0 Å². The fourth-order valence-corrected chi connectivity index (χ4v) is 12.8. The molecule has 0 saturated heterocycles. The van der Waals surface area contributed by atoms with Crippen LogP contribution in [-0.2, 0) is 11.0 Å². The molecule has 0 spiro atoms. The summed E-state index contributed by atoms with van der Waals surface area (Å²) < 4.78 is 94.9. The Morgan fingerprint density at radius 3 is 1.52 bits per heavy atom. The maximum absolute atomic E-state index is 14.4. The number of alkyl halides is 7. The van der Waals surface area contributed by atoms with Gasteiger partial charge in [-0.2, -0.15) is 0 Å². The Hall–Kier alpha value is -2.46. The van der Waals surface area contributed by atoms with Crippen molar-refractivity contribution in [2.24, 2.45) is 0 Å². The van der Waals surface area contributed by atoms with E-state index in [1.54, 1.807) is 23.5 Å². The van der Waals surface area contributed by atoms with Gasteiger partial charge < -0.3 is 0 Å². The topological polar surface area (TPSA) is 29.1 Å². The zero-order valence-electron chi connectivity index (χ0n) is 21.2. The zero-order valence-corrected chi connectivity index (χ0v) is 26.0. The van der Waals surface area contributed by atoms with Gasteiger partial charge in [0.15, 0.2) is 0 Å². The van der Waals surface area contributed by atoms with E-state index >= 15 is 0 Å². The van der Waals surface area contributed by atoms with Crippen LogP contribution in [0.2, 0.25) is 5.02 Å². The monoisotopic (exact) mass is 755 g/mol. The molecule has 1 N–H and O–H groups in total. The van der Waals surface area contributed by atoms with Gasteiger partial charge in [0.1, 0.15) is 0 Å². The number of hydrogen-bond donors (Lipinski definition) is 1. The van der Waals surface area contributed by atoms with Crippen LogP contribution in [0.3, 0.4) is 0 Å². The summed E-state index contributed by atoms with van der Waals surface area (Å²) in [7, 11) is 0. The Morgan fingerprint density at radius 2 is 1.14 bits per heavy atom. The van der Waals surface area contributed by atoms with Crippen molar-refractivity contribution in [3.63, 3.8) is 0 Å². The zero-order chi connectivity index (χ0) is 31.0. The molecule has 0 aromatic heterocycles. The van der Waals surface area contributed by atoms with E-state index in [1.807, 2.05) is 72.8 Å². The molecule has 0 unspecified atom stereocenters. The van der Waals surface area contributed by atoms with Crippen molar-refractivity contribution >= 4 is 75.8 Å². The molecule has 4 rings (SSSR count). The van der Waals surface area contributed by atoms with Crippen molar-refractivity contribution in [1.29, 1.82) is 0 Å². The van der Waals surface area contributed by atoms with Crippen molar-refractivity contribution < 1.29 is 35.5 Å². The summed E-state index contributed by atoms with van der Waals surface area (Å²) in [6.07, 6.45) is -6.71. The van der Waals surface area contributed by atoms with Crippen LogP contribution < -0.4 is 21.2 Å². The number of halogens is 10. The summed E-state index contributed by atoms with van der Waals surface area (Å²) >= 11 is 13.6. The van der Waals surface area contributed by atoms with Crippen molar-refractivity contribution in [1.82, 2.24) is 0 Å². The van der Waals surface area contributed by atoms with E-state index in [0.29, 0.717) is 0 Å². The van der Waals surface area contributed by atoms with Gasteiger partial charge in [-0.15, -0.1) is 0 Å². The molecule has 222 valence electrons. The number of rotatable bonds is 8. The number of nitrogens with one attached hydrogen (secondary N) is 1. The summed E-state index contributed by atoms with van der Waals surface area (Å²) in [5.74, 6) is -15.6. The normalized spacial score (nSPS) is 13.7. The van der Waals surface area contributed by atoms with E-state index in [-0.39, 0.29) is 21.2 Å². The van der Waals surface area contributed by atoms with Crippen LogP contribution in [0.25, 0.3) is 0 Å². The van der Waals surface area contributed by atoms with Gasteiger partial charge in [-0.3, -0.25) is 0 Å². The van der Waals surface area contributed by atoms with Gasteiger partial charge in [0, 0.05) is 0 Å². The van der Waals surface area contributed by atoms with E-state index in [2.05, 4.69) is 31.4 Å². The molecular weight excluding hydrogens is 738 g/mol. The Kier molecular flexibility index (Phi) is 8.93.